The first-order valence-corrected chi connectivity index (χ1v) is 10.5. The van der Waals surface area contributed by atoms with Crippen molar-refractivity contribution in [2.75, 3.05) is 13.1 Å². The molecule has 0 bridgehead atoms. The highest BCUT2D eigenvalue weighted by Crippen LogP contribution is 2.41. The lowest BCUT2D eigenvalue weighted by Gasteiger charge is -2.29. The van der Waals surface area contributed by atoms with E-state index in [4.69, 9.17) is 4.74 Å². The Morgan fingerprint density at radius 1 is 1.23 bits per heavy atom. The summed E-state index contributed by atoms with van der Waals surface area (Å²) in [4.78, 5) is 14.8. The summed E-state index contributed by atoms with van der Waals surface area (Å²) in [6.45, 7) is 1.29. The van der Waals surface area contributed by atoms with E-state index in [0.29, 0.717) is 36.1 Å². The molecule has 2 heterocycles. The number of fused-ring (bicyclic) bond motifs is 1. The first kappa shape index (κ1) is 19.2. The number of benzene rings is 2. The van der Waals surface area contributed by atoms with Crippen molar-refractivity contribution in [3.63, 3.8) is 0 Å². The van der Waals surface area contributed by atoms with E-state index in [2.05, 4.69) is 21.7 Å². The molecule has 0 unspecified atom stereocenters. The van der Waals surface area contributed by atoms with E-state index in [-0.39, 0.29) is 11.4 Å². The van der Waals surface area contributed by atoms with E-state index in [0.717, 1.165) is 30.6 Å². The third-order valence-electron chi connectivity index (χ3n) is 6.33. The topological polar surface area (TPSA) is 94.0 Å². The Hall–Kier alpha value is -3.79. The molecule has 1 amide bonds. The third kappa shape index (κ3) is 3.61. The molecule has 1 aromatic heterocycles. The van der Waals surface area contributed by atoms with Crippen LogP contribution in [0.25, 0.3) is 11.3 Å². The number of carbonyl (C=O) groups excluding carboxylic acids is 1. The SMILES string of the molecule is N#CN1C[C@@H]2CCC[C@]2(NC(=O)c2cc(-c3ccccc3Oc3ccccc3)[nH]n2)C1. The van der Waals surface area contributed by atoms with Crippen LogP contribution in [0.5, 0.6) is 11.5 Å². The van der Waals surface area contributed by atoms with Crippen molar-refractivity contribution in [1.82, 2.24) is 20.4 Å². The quantitative estimate of drug-likeness (QED) is 0.618. The van der Waals surface area contributed by atoms with Crippen LogP contribution in [0.3, 0.4) is 0 Å². The Morgan fingerprint density at radius 3 is 2.87 bits per heavy atom. The zero-order chi connectivity index (χ0) is 21.3. The Kier molecular flexibility index (Phi) is 4.83. The zero-order valence-corrected chi connectivity index (χ0v) is 17.0. The highest BCUT2D eigenvalue weighted by molar-refractivity contribution is 5.94. The number of amides is 1. The normalized spacial score (nSPS) is 22.0. The molecule has 2 N–H and O–H groups in total. The predicted molar refractivity (Wildman–Crippen MR) is 115 cm³/mol. The van der Waals surface area contributed by atoms with E-state index in [1.165, 1.54) is 0 Å². The van der Waals surface area contributed by atoms with Gasteiger partial charge >= 0.3 is 0 Å². The minimum atomic E-state index is -0.333. The maximum absolute atomic E-state index is 13.0. The second-order valence-corrected chi connectivity index (χ2v) is 8.26. The van der Waals surface area contributed by atoms with Gasteiger partial charge in [-0.25, -0.2) is 0 Å². The molecule has 7 nitrogen and oxygen atoms in total. The molecule has 1 aliphatic carbocycles. The van der Waals surface area contributed by atoms with Gasteiger partial charge in [0.05, 0.1) is 17.8 Å². The number of nitrogens with zero attached hydrogens (tertiary/aromatic N) is 3. The summed E-state index contributed by atoms with van der Waals surface area (Å²) in [5.74, 6) is 1.52. The minimum Gasteiger partial charge on any atom is -0.457 e. The lowest BCUT2D eigenvalue weighted by Crippen LogP contribution is -2.51. The molecule has 5 rings (SSSR count). The van der Waals surface area contributed by atoms with Crippen LogP contribution in [0.15, 0.2) is 60.7 Å². The van der Waals surface area contributed by atoms with Crippen LogP contribution < -0.4 is 10.1 Å². The molecule has 2 aromatic carbocycles. The van der Waals surface area contributed by atoms with Crippen LogP contribution in [0.4, 0.5) is 0 Å². The molecule has 7 heteroatoms. The number of hydrogen-bond acceptors (Lipinski definition) is 5. The van der Waals surface area contributed by atoms with E-state index in [1.807, 2.05) is 54.6 Å². The fourth-order valence-electron chi connectivity index (χ4n) is 4.83. The number of ether oxygens (including phenoxy) is 1. The lowest BCUT2D eigenvalue weighted by atomic mass is 9.90. The van der Waals surface area contributed by atoms with Crippen LogP contribution >= 0.6 is 0 Å². The number of hydrogen-bond donors (Lipinski definition) is 2. The van der Waals surface area contributed by atoms with Crippen LogP contribution in [0, 0.1) is 17.4 Å². The fraction of sp³-hybridized carbons (Fsp3) is 0.292. The first-order valence-electron chi connectivity index (χ1n) is 10.5. The Bertz CT molecular complexity index is 1140. The molecule has 3 aromatic rings. The standard InChI is InChI=1S/C24H23N5O2/c25-16-29-14-17-7-6-12-24(17,15-29)26-23(30)21-13-20(27-28-21)19-10-4-5-11-22(19)31-18-8-2-1-3-9-18/h1-5,8-11,13,17H,6-7,12,14-15H2,(H,26,30)(H,27,28)/t17-,24-/m0/s1. The molecule has 2 atom stereocenters. The van der Waals surface area contributed by atoms with Crippen molar-refractivity contribution < 1.29 is 9.53 Å². The molecule has 0 spiro atoms. The molecular formula is C24H23N5O2. The summed E-state index contributed by atoms with van der Waals surface area (Å²) in [6.07, 6.45) is 5.23. The van der Waals surface area contributed by atoms with Gasteiger partial charge in [0, 0.05) is 18.0 Å². The van der Waals surface area contributed by atoms with E-state index in [9.17, 15) is 10.1 Å². The summed E-state index contributed by atoms with van der Waals surface area (Å²) >= 11 is 0. The number of H-pyrrole nitrogens is 1. The third-order valence-corrected chi connectivity index (χ3v) is 6.33. The Labute approximate surface area is 180 Å². The number of rotatable bonds is 5. The van der Waals surface area contributed by atoms with Gasteiger partial charge in [-0.2, -0.15) is 10.4 Å². The maximum atomic E-state index is 13.0. The predicted octanol–water partition coefficient (Wildman–Crippen LogP) is 3.93. The van der Waals surface area contributed by atoms with Gasteiger partial charge < -0.3 is 15.0 Å². The summed E-state index contributed by atoms with van der Waals surface area (Å²) in [5.41, 5.74) is 1.54. The number of para-hydroxylation sites is 2. The number of aromatic amines is 1. The fourth-order valence-corrected chi connectivity index (χ4v) is 4.83. The zero-order valence-electron chi connectivity index (χ0n) is 17.0. The summed E-state index contributed by atoms with van der Waals surface area (Å²) in [7, 11) is 0. The molecule has 2 fully saturated rings. The van der Waals surface area contributed by atoms with Crippen LogP contribution in [-0.4, -0.2) is 39.6 Å². The number of carbonyl (C=O) groups is 1. The highest BCUT2D eigenvalue weighted by atomic mass is 16.5. The van der Waals surface area contributed by atoms with Gasteiger partial charge in [-0.05, 0) is 43.2 Å². The van der Waals surface area contributed by atoms with Gasteiger partial charge in [-0.1, -0.05) is 36.8 Å². The van der Waals surface area contributed by atoms with Crippen molar-refractivity contribution in [3.8, 4) is 28.9 Å². The minimum absolute atomic E-state index is 0.212. The van der Waals surface area contributed by atoms with Gasteiger partial charge in [0.25, 0.3) is 5.91 Å². The number of nitrogens with one attached hydrogen (secondary N) is 2. The van der Waals surface area contributed by atoms with E-state index < -0.39 is 0 Å². The molecule has 2 aliphatic rings. The second-order valence-electron chi connectivity index (χ2n) is 8.26. The number of likely N-dealkylation sites (tertiary alicyclic amines) is 1. The number of aromatic nitrogens is 2. The average Bonchev–Trinajstić information content (AvgIpc) is 3.49. The van der Waals surface area contributed by atoms with E-state index in [1.54, 1.807) is 11.0 Å². The van der Waals surface area contributed by atoms with Gasteiger partial charge in [-0.15, -0.1) is 0 Å². The molecule has 1 saturated carbocycles. The van der Waals surface area contributed by atoms with Crippen molar-refractivity contribution in [2.45, 2.75) is 24.8 Å². The molecule has 156 valence electrons. The van der Waals surface area contributed by atoms with Crippen molar-refractivity contribution in [2.24, 2.45) is 5.92 Å². The van der Waals surface area contributed by atoms with Gasteiger partial charge in [0.15, 0.2) is 11.9 Å². The van der Waals surface area contributed by atoms with Crippen LogP contribution in [0.1, 0.15) is 29.8 Å². The Balaban J connectivity index is 1.36. The highest BCUT2D eigenvalue weighted by Gasteiger charge is 2.50. The summed E-state index contributed by atoms with van der Waals surface area (Å²) in [6, 6.07) is 19.0. The maximum Gasteiger partial charge on any atom is 0.272 e. The summed E-state index contributed by atoms with van der Waals surface area (Å²) < 4.78 is 6.04. The van der Waals surface area contributed by atoms with Crippen molar-refractivity contribution in [1.29, 1.82) is 5.26 Å². The molecule has 0 radical (unpaired) electrons. The first-order chi connectivity index (χ1) is 15.2. The molecule has 31 heavy (non-hydrogen) atoms. The average molecular weight is 413 g/mol. The van der Waals surface area contributed by atoms with Crippen LogP contribution in [0.2, 0.25) is 0 Å². The van der Waals surface area contributed by atoms with Crippen molar-refractivity contribution in [3.05, 3.63) is 66.4 Å². The van der Waals surface area contributed by atoms with E-state index >= 15 is 0 Å². The Morgan fingerprint density at radius 2 is 2.03 bits per heavy atom. The molecular weight excluding hydrogens is 390 g/mol. The molecule has 1 saturated heterocycles. The number of nitriles is 1. The summed E-state index contributed by atoms with van der Waals surface area (Å²) in [5, 5.41) is 19.7. The smallest absolute Gasteiger partial charge is 0.272 e. The largest absolute Gasteiger partial charge is 0.457 e. The lowest BCUT2D eigenvalue weighted by molar-refractivity contribution is 0.0886. The van der Waals surface area contributed by atoms with Gasteiger partial charge in [-0.3, -0.25) is 9.89 Å². The monoisotopic (exact) mass is 413 g/mol. The second kappa shape index (κ2) is 7.80. The van der Waals surface area contributed by atoms with Crippen molar-refractivity contribution >= 4 is 5.91 Å². The van der Waals surface area contributed by atoms with Crippen LogP contribution in [-0.2, 0) is 0 Å². The van der Waals surface area contributed by atoms with Gasteiger partial charge in [0.2, 0.25) is 0 Å². The van der Waals surface area contributed by atoms with Gasteiger partial charge in [0.1, 0.15) is 11.5 Å². The molecule has 1 aliphatic heterocycles.